The van der Waals surface area contributed by atoms with Gasteiger partial charge in [-0.3, -0.25) is 14.1 Å². The third kappa shape index (κ3) is 6.60. The van der Waals surface area contributed by atoms with Gasteiger partial charge in [0.2, 0.25) is 0 Å². The average molecular weight is 596 g/mol. The van der Waals surface area contributed by atoms with E-state index in [-0.39, 0.29) is 11.6 Å². The minimum absolute atomic E-state index is 0.0588. The third-order valence-electron chi connectivity index (χ3n) is 6.39. The number of halogens is 2. The number of nitrogens with zero attached hydrogens (tertiary/aromatic N) is 1. The number of hydrogen-bond donors (Lipinski definition) is 3. The number of hydrogen-bond acceptors (Lipinski definition) is 9. The largest absolute Gasteiger partial charge is 0.462 e. The first kappa shape index (κ1) is 30.6. The molecule has 2 aromatic rings. The van der Waals surface area contributed by atoms with Crippen molar-refractivity contribution >= 4 is 30.4 Å². The van der Waals surface area contributed by atoms with Gasteiger partial charge in [0.15, 0.2) is 18.0 Å². The maximum atomic E-state index is 16.1. The predicted molar refractivity (Wildman–Crippen MR) is 144 cm³/mol. The Morgan fingerprint density at radius 1 is 1.24 bits per heavy atom. The molecule has 4 rings (SSSR count). The summed E-state index contributed by atoms with van der Waals surface area (Å²) in [6, 6.07) is 10.8. The van der Waals surface area contributed by atoms with Crippen molar-refractivity contribution < 1.29 is 46.6 Å². The Balaban J connectivity index is 1.59. The van der Waals surface area contributed by atoms with Crippen LogP contribution in [0.5, 0.6) is 5.75 Å². The van der Waals surface area contributed by atoms with Crippen LogP contribution in [0.4, 0.5) is 8.78 Å². The van der Waals surface area contributed by atoms with Crippen molar-refractivity contribution in [3.63, 3.8) is 0 Å². The molecule has 2 aliphatic rings. The number of carbonyl (C=O) groups excluding carboxylic acids is 2. The summed E-state index contributed by atoms with van der Waals surface area (Å²) in [4.78, 5) is 25.0. The third-order valence-corrected chi connectivity index (χ3v) is 8.01. The number of ether oxygens (including phenoxy) is 2. The van der Waals surface area contributed by atoms with Crippen LogP contribution in [-0.2, 0) is 28.2 Å². The molecule has 14 heteroatoms. The molecule has 0 radical (unpaired) electrons. The highest BCUT2D eigenvalue weighted by atomic mass is 31.2. The van der Waals surface area contributed by atoms with Gasteiger partial charge in [-0.15, -0.1) is 0 Å². The number of fused-ring (bicyclic) bond motifs is 1. The average Bonchev–Trinajstić information content (AvgIpc) is 3.07. The molecular weight excluding hydrogens is 563 g/mol. The molecule has 1 amide bonds. The zero-order valence-electron chi connectivity index (χ0n) is 22.9. The molecule has 41 heavy (non-hydrogen) atoms. The van der Waals surface area contributed by atoms with Crippen LogP contribution >= 0.6 is 7.75 Å². The summed E-state index contributed by atoms with van der Waals surface area (Å²) >= 11 is 0. The van der Waals surface area contributed by atoms with E-state index in [1.54, 1.807) is 38.1 Å². The van der Waals surface area contributed by atoms with Crippen LogP contribution in [0.3, 0.4) is 0 Å². The number of alkyl halides is 2. The number of aliphatic hydroxyl groups excluding tert-OH is 1. The lowest BCUT2D eigenvalue weighted by molar-refractivity contribution is -0.206. The lowest BCUT2D eigenvalue weighted by Crippen LogP contribution is -2.51. The summed E-state index contributed by atoms with van der Waals surface area (Å²) in [6.45, 7) is 7.81. The lowest BCUT2D eigenvalue weighted by atomic mass is 9.96. The van der Waals surface area contributed by atoms with Gasteiger partial charge in [-0.1, -0.05) is 36.9 Å². The van der Waals surface area contributed by atoms with Crippen molar-refractivity contribution in [1.82, 2.24) is 15.3 Å². The van der Waals surface area contributed by atoms with Gasteiger partial charge in [-0.2, -0.15) is 5.09 Å². The van der Waals surface area contributed by atoms with Gasteiger partial charge in [-0.05, 0) is 50.6 Å². The van der Waals surface area contributed by atoms with E-state index < -0.39 is 62.2 Å². The molecule has 0 aromatic heterocycles. The molecule has 0 spiro atoms. The first-order chi connectivity index (χ1) is 19.1. The monoisotopic (exact) mass is 595 g/mol. The van der Waals surface area contributed by atoms with E-state index in [1.165, 1.54) is 13.0 Å². The molecule has 3 N–H and O–H groups in total. The molecule has 2 heterocycles. The molecule has 1 fully saturated rings. The highest BCUT2D eigenvalue weighted by Crippen LogP contribution is 2.50. The maximum Gasteiger partial charge on any atom is 0.459 e. The van der Waals surface area contributed by atoms with Gasteiger partial charge in [0.1, 0.15) is 24.2 Å². The van der Waals surface area contributed by atoms with Crippen LogP contribution in [-0.4, -0.2) is 64.5 Å². The predicted octanol–water partition coefficient (Wildman–Crippen LogP) is 3.80. The fourth-order valence-corrected chi connectivity index (χ4v) is 5.82. The van der Waals surface area contributed by atoms with Gasteiger partial charge < -0.3 is 29.3 Å². The topological polar surface area (TPSA) is 136 Å². The number of carbonyl (C=O) groups is 2. The minimum atomic E-state index is -4.61. The Hall–Kier alpha value is -3.35. The van der Waals surface area contributed by atoms with Crippen LogP contribution in [0.1, 0.15) is 27.7 Å². The van der Waals surface area contributed by atoms with E-state index in [9.17, 15) is 19.3 Å². The molecule has 1 saturated heterocycles. The highest BCUT2D eigenvalue weighted by molar-refractivity contribution is 7.52. The van der Waals surface area contributed by atoms with Crippen LogP contribution < -0.4 is 14.9 Å². The van der Waals surface area contributed by atoms with Crippen molar-refractivity contribution in [1.29, 1.82) is 0 Å². The van der Waals surface area contributed by atoms with Crippen LogP contribution in [0.25, 0.3) is 10.8 Å². The molecule has 0 aliphatic carbocycles. The molecule has 2 aromatic carbocycles. The molecule has 11 nitrogen and oxygen atoms in total. The Kier molecular flexibility index (Phi) is 8.58. The SMILES string of the molecule is C=C1NC(=O)C=CN1[C@@H]1O[C@](F)(COP(=O)(NC(C)C(=O)OC(C)C)Oc2ccc3ccccc3c2)[C@@H](O)[C@@]1(C)F. The fourth-order valence-electron chi connectivity index (χ4n) is 4.32. The van der Waals surface area contributed by atoms with Crippen molar-refractivity contribution in [3.8, 4) is 5.75 Å². The summed E-state index contributed by atoms with van der Waals surface area (Å²) in [5.74, 6) is -4.62. The Morgan fingerprint density at radius 2 is 1.93 bits per heavy atom. The normalized spacial score (nSPS) is 28.4. The summed E-state index contributed by atoms with van der Waals surface area (Å²) in [6.07, 6.45) is -2.53. The van der Waals surface area contributed by atoms with Crippen molar-refractivity contribution in [2.75, 3.05) is 6.61 Å². The van der Waals surface area contributed by atoms with Gasteiger partial charge in [0.25, 0.3) is 11.8 Å². The molecule has 0 saturated carbocycles. The molecular formula is C27H32F2N3O8P. The number of rotatable bonds is 10. The number of benzene rings is 2. The van der Waals surface area contributed by atoms with E-state index >= 15 is 8.78 Å². The number of amides is 1. The fraction of sp³-hybridized carbons (Fsp3) is 0.407. The van der Waals surface area contributed by atoms with Crippen LogP contribution in [0.15, 0.2) is 67.1 Å². The summed E-state index contributed by atoms with van der Waals surface area (Å²) in [5, 5.41) is 17.0. The first-order valence-corrected chi connectivity index (χ1v) is 14.3. The Bertz CT molecular complexity index is 1420. The Morgan fingerprint density at radius 3 is 2.59 bits per heavy atom. The second kappa shape index (κ2) is 11.5. The van der Waals surface area contributed by atoms with E-state index in [0.717, 1.165) is 34.9 Å². The van der Waals surface area contributed by atoms with Gasteiger partial charge >= 0.3 is 13.7 Å². The van der Waals surface area contributed by atoms with E-state index in [4.69, 9.17) is 18.5 Å². The van der Waals surface area contributed by atoms with Crippen LogP contribution in [0, 0.1) is 0 Å². The highest BCUT2D eigenvalue weighted by Gasteiger charge is 2.66. The zero-order valence-corrected chi connectivity index (χ0v) is 23.8. The second-order valence-corrected chi connectivity index (χ2v) is 11.9. The molecule has 0 bridgehead atoms. The first-order valence-electron chi connectivity index (χ1n) is 12.7. The molecule has 2 unspecified atom stereocenters. The van der Waals surface area contributed by atoms with Gasteiger partial charge in [0, 0.05) is 12.3 Å². The van der Waals surface area contributed by atoms with Gasteiger partial charge in [-0.25, -0.2) is 13.3 Å². The smallest absolute Gasteiger partial charge is 0.459 e. The molecule has 222 valence electrons. The Labute approximate surface area is 235 Å². The summed E-state index contributed by atoms with van der Waals surface area (Å²) in [5.41, 5.74) is -2.75. The number of esters is 1. The number of aliphatic hydroxyl groups is 1. The summed E-state index contributed by atoms with van der Waals surface area (Å²) < 4.78 is 67.1. The van der Waals surface area contributed by atoms with Crippen molar-refractivity contribution in [2.45, 2.75) is 63.7 Å². The lowest BCUT2D eigenvalue weighted by Gasteiger charge is -2.35. The zero-order chi connectivity index (χ0) is 30.2. The quantitative estimate of drug-likeness (QED) is 0.275. The van der Waals surface area contributed by atoms with E-state index in [0.29, 0.717) is 0 Å². The maximum absolute atomic E-state index is 16.1. The number of nitrogens with one attached hydrogen (secondary N) is 2. The van der Waals surface area contributed by atoms with E-state index in [2.05, 4.69) is 17.0 Å². The van der Waals surface area contributed by atoms with Crippen LogP contribution in [0.2, 0.25) is 0 Å². The second-order valence-electron chi connectivity index (χ2n) is 10.2. The standard InChI is InChI=1S/C27H32F2N3O8P/c1-16(2)38-23(34)17(3)31-41(36,40-21-11-10-19-8-6-7-9-20(19)14-21)37-15-27(29)24(35)26(5,28)25(39-27)32-13-12-22(33)30-18(32)4/h6-14,16-17,24-25,35H,4,15H2,1-3,5H3,(H,30,33)(H,31,36)/t17?,24-,25+,26+,27+,41?/m0/s1. The molecule has 2 aliphatic heterocycles. The van der Waals surface area contributed by atoms with Crippen molar-refractivity contribution in [2.24, 2.45) is 0 Å². The van der Waals surface area contributed by atoms with E-state index in [1.807, 2.05) is 12.1 Å². The summed E-state index contributed by atoms with van der Waals surface area (Å²) in [7, 11) is -4.61. The molecule has 6 atom stereocenters. The van der Waals surface area contributed by atoms with Gasteiger partial charge in [0.05, 0.1) is 6.10 Å². The van der Waals surface area contributed by atoms with Crippen molar-refractivity contribution in [3.05, 3.63) is 67.1 Å². The minimum Gasteiger partial charge on any atom is -0.462 e.